The minimum Gasteiger partial charge on any atom is -0.508 e. The predicted molar refractivity (Wildman–Crippen MR) is 90.8 cm³/mol. The van der Waals surface area contributed by atoms with Gasteiger partial charge in [-0.1, -0.05) is 30.3 Å². The van der Waals surface area contributed by atoms with Crippen molar-refractivity contribution in [1.82, 2.24) is 0 Å². The van der Waals surface area contributed by atoms with E-state index in [1.165, 1.54) is 24.3 Å². The third kappa shape index (κ3) is 2.75. The van der Waals surface area contributed by atoms with Crippen molar-refractivity contribution in [1.29, 1.82) is 0 Å². The lowest BCUT2D eigenvalue weighted by atomic mass is 9.90. The quantitative estimate of drug-likeness (QED) is 0.594. The average molecular weight is 321 g/mol. The van der Waals surface area contributed by atoms with Gasteiger partial charge < -0.3 is 21.1 Å². The second-order valence-corrected chi connectivity index (χ2v) is 5.35. The number of rotatable bonds is 3. The lowest BCUT2D eigenvalue weighted by Gasteiger charge is -2.15. The zero-order valence-electron chi connectivity index (χ0n) is 12.6. The van der Waals surface area contributed by atoms with E-state index in [1.807, 2.05) is 0 Å². The van der Waals surface area contributed by atoms with E-state index < -0.39 is 5.91 Å². The summed E-state index contributed by atoms with van der Waals surface area (Å²) in [4.78, 5) is 11.7. The summed E-state index contributed by atoms with van der Waals surface area (Å²) in [5, 5.41) is 30.0. The molecule has 0 atom stereocenters. The molecule has 0 aliphatic heterocycles. The van der Waals surface area contributed by atoms with E-state index in [9.17, 15) is 20.1 Å². The normalized spacial score (nSPS) is 10.5. The van der Waals surface area contributed by atoms with E-state index >= 15 is 0 Å². The van der Waals surface area contributed by atoms with Gasteiger partial charge in [-0.25, -0.2) is 0 Å². The van der Waals surface area contributed by atoms with Crippen molar-refractivity contribution in [2.75, 3.05) is 0 Å². The molecular weight excluding hydrogens is 306 g/mol. The Morgan fingerprint density at radius 3 is 2.25 bits per heavy atom. The van der Waals surface area contributed by atoms with Crippen molar-refractivity contribution in [3.63, 3.8) is 0 Å². The zero-order valence-corrected chi connectivity index (χ0v) is 12.6. The summed E-state index contributed by atoms with van der Waals surface area (Å²) in [6, 6.07) is 15.7. The molecule has 5 N–H and O–H groups in total. The maximum Gasteiger partial charge on any atom is 0.249 e. The number of carbonyl (C=O) groups excluding carboxylic acids is 1. The van der Waals surface area contributed by atoms with Crippen LogP contribution in [0.1, 0.15) is 10.4 Å². The maximum absolute atomic E-state index is 11.7. The number of phenolic OH excluding ortho intramolecular Hbond substituents is 3. The zero-order chi connectivity index (χ0) is 17.3. The smallest absolute Gasteiger partial charge is 0.249 e. The highest BCUT2D eigenvalue weighted by molar-refractivity contribution is 6.03. The van der Waals surface area contributed by atoms with Gasteiger partial charge >= 0.3 is 0 Å². The standard InChI is InChI=1S/C19H15NO4/c20-19(24)15-7-2-1-6-14(15)18-16(9-13(22)10-17(18)23)11-4-3-5-12(21)8-11/h1-10,21-23H,(H2,20,24). The highest BCUT2D eigenvalue weighted by atomic mass is 16.3. The van der Waals surface area contributed by atoms with Gasteiger partial charge in [0.25, 0.3) is 0 Å². The Bertz CT molecular complexity index is 934. The summed E-state index contributed by atoms with van der Waals surface area (Å²) < 4.78 is 0. The van der Waals surface area contributed by atoms with E-state index in [-0.39, 0.29) is 22.8 Å². The molecule has 1 amide bonds. The first-order chi connectivity index (χ1) is 11.5. The number of hydrogen-bond donors (Lipinski definition) is 4. The van der Waals surface area contributed by atoms with E-state index in [4.69, 9.17) is 5.73 Å². The fourth-order valence-electron chi connectivity index (χ4n) is 2.71. The van der Waals surface area contributed by atoms with E-state index in [1.54, 1.807) is 36.4 Å². The van der Waals surface area contributed by atoms with Gasteiger partial charge in [-0.3, -0.25) is 4.79 Å². The molecule has 0 bridgehead atoms. The third-order valence-electron chi connectivity index (χ3n) is 3.72. The first-order valence-corrected chi connectivity index (χ1v) is 7.22. The minimum absolute atomic E-state index is 0.0458. The van der Waals surface area contributed by atoms with Crippen LogP contribution in [0.25, 0.3) is 22.3 Å². The van der Waals surface area contributed by atoms with E-state index in [0.717, 1.165) is 0 Å². The van der Waals surface area contributed by atoms with Crippen molar-refractivity contribution in [2.24, 2.45) is 5.73 Å². The summed E-state index contributed by atoms with van der Waals surface area (Å²) in [7, 11) is 0. The van der Waals surface area contributed by atoms with Crippen LogP contribution in [0.2, 0.25) is 0 Å². The first-order valence-electron chi connectivity index (χ1n) is 7.22. The largest absolute Gasteiger partial charge is 0.508 e. The van der Waals surface area contributed by atoms with Gasteiger partial charge in [-0.15, -0.1) is 0 Å². The number of aromatic hydroxyl groups is 3. The fraction of sp³-hybridized carbons (Fsp3) is 0. The molecule has 0 aromatic heterocycles. The van der Waals surface area contributed by atoms with Crippen LogP contribution in [-0.4, -0.2) is 21.2 Å². The molecule has 0 aliphatic carbocycles. The molecule has 24 heavy (non-hydrogen) atoms. The Morgan fingerprint density at radius 2 is 1.54 bits per heavy atom. The lowest BCUT2D eigenvalue weighted by Crippen LogP contribution is -2.12. The molecule has 0 heterocycles. The molecule has 3 rings (SSSR count). The molecule has 5 heteroatoms. The summed E-state index contributed by atoms with van der Waals surface area (Å²) in [6.07, 6.45) is 0. The van der Waals surface area contributed by atoms with Gasteiger partial charge in [0.05, 0.1) is 0 Å². The van der Waals surface area contributed by atoms with Gasteiger partial charge in [0.15, 0.2) is 0 Å². The Hall–Kier alpha value is -3.47. The van der Waals surface area contributed by atoms with Gasteiger partial charge in [0, 0.05) is 17.2 Å². The topological polar surface area (TPSA) is 104 Å². The number of carbonyl (C=O) groups is 1. The van der Waals surface area contributed by atoms with Gasteiger partial charge in [0.1, 0.15) is 17.2 Å². The molecule has 0 radical (unpaired) electrons. The maximum atomic E-state index is 11.7. The number of nitrogens with two attached hydrogens (primary N) is 1. The molecule has 0 spiro atoms. The van der Waals surface area contributed by atoms with Gasteiger partial charge in [-0.05, 0) is 41.0 Å². The van der Waals surface area contributed by atoms with Crippen molar-refractivity contribution < 1.29 is 20.1 Å². The third-order valence-corrected chi connectivity index (χ3v) is 3.72. The number of hydrogen-bond acceptors (Lipinski definition) is 4. The molecule has 0 aliphatic rings. The molecule has 0 saturated carbocycles. The lowest BCUT2D eigenvalue weighted by molar-refractivity contribution is 0.100. The molecule has 0 unspecified atom stereocenters. The summed E-state index contributed by atoms with van der Waals surface area (Å²) in [5.74, 6) is -0.905. The molecule has 3 aromatic carbocycles. The molecular formula is C19H15NO4. The highest BCUT2D eigenvalue weighted by Gasteiger charge is 2.19. The van der Waals surface area contributed by atoms with Crippen molar-refractivity contribution in [3.8, 4) is 39.5 Å². The molecule has 0 fully saturated rings. The Kier molecular flexibility index (Phi) is 3.83. The number of phenols is 3. The Morgan fingerprint density at radius 1 is 0.792 bits per heavy atom. The van der Waals surface area contributed by atoms with Crippen LogP contribution in [0.4, 0.5) is 0 Å². The SMILES string of the molecule is NC(=O)c1ccccc1-c1c(O)cc(O)cc1-c1cccc(O)c1. The fourth-order valence-corrected chi connectivity index (χ4v) is 2.71. The number of benzene rings is 3. The van der Waals surface area contributed by atoms with Gasteiger partial charge in [-0.2, -0.15) is 0 Å². The second kappa shape index (κ2) is 5.96. The van der Waals surface area contributed by atoms with Crippen LogP contribution in [-0.2, 0) is 0 Å². The van der Waals surface area contributed by atoms with Crippen LogP contribution < -0.4 is 5.73 Å². The second-order valence-electron chi connectivity index (χ2n) is 5.35. The van der Waals surface area contributed by atoms with Crippen LogP contribution in [0, 0.1) is 0 Å². The number of primary amides is 1. The monoisotopic (exact) mass is 321 g/mol. The molecule has 120 valence electrons. The van der Waals surface area contributed by atoms with Crippen LogP contribution >= 0.6 is 0 Å². The molecule has 5 nitrogen and oxygen atoms in total. The summed E-state index contributed by atoms with van der Waals surface area (Å²) in [6.45, 7) is 0. The average Bonchev–Trinajstić information content (AvgIpc) is 2.54. The summed E-state index contributed by atoms with van der Waals surface area (Å²) in [5.41, 5.74) is 7.53. The van der Waals surface area contributed by atoms with Crippen molar-refractivity contribution >= 4 is 5.91 Å². The van der Waals surface area contributed by atoms with Crippen molar-refractivity contribution in [2.45, 2.75) is 0 Å². The Balaban J connectivity index is 2.35. The predicted octanol–water partition coefficient (Wildman–Crippen LogP) is 3.24. The summed E-state index contributed by atoms with van der Waals surface area (Å²) >= 11 is 0. The van der Waals surface area contributed by atoms with E-state index in [2.05, 4.69) is 0 Å². The minimum atomic E-state index is -0.625. The molecule has 0 saturated heterocycles. The number of amides is 1. The Labute approximate surface area is 138 Å². The first kappa shape index (κ1) is 15.4. The highest BCUT2D eigenvalue weighted by Crippen LogP contribution is 2.43. The van der Waals surface area contributed by atoms with E-state index in [0.29, 0.717) is 22.3 Å². The van der Waals surface area contributed by atoms with Crippen LogP contribution in [0.3, 0.4) is 0 Å². The van der Waals surface area contributed by atoms with Crippen LogP contribution in [0.15, 0.2) is 60.7 Å². The van der Waals surface area contributed by atoms with Crippen LogP contribution in [0.5, 0.6) is 17.2 Å². The van der Waals surface area contributed by atoms with Gasteiger partial charge in [0.2, 0.25) is 5.91 Å². The molecule has 3 aromatic rings. The van der Waals surface area contributed by atoms with Crippen molar-refractivity contribution in [3.05, 3.63) is 66.2 Å².